The summed E-state index contributed by atoms with van der Waals surface area (Å²) in [5.74, 6) is 0. The smallest absolute Gasteiger partial charge is 0.297 e. The van der Waals surface area contributed by atoms with Crippen LogP contribution in [0.2, 0.25) is 18.1 Å². The highest BCUT2D eigenvalue weighted by atomic mass is 32.2. The van der Waals surface area contributed by atoms with E-state index in [2.05, 4.69) is 38.0 Å². The van der Waals surface area contributed by atoms with E-state index in [-0.39, 0.29) is 18.3 Å². The summed E-state index contributed by atoms with van der Waals surface area (Å²) in [6, 6.07) is -1.49. The van der Waals surface area contributed by atoms with E-state index in [1.165, 1.54) is 0 Å². The Hall–Kier alpha value is 0.0169. The van der Waals surface area contributed by atoms with Gasteiger partial charge >= 0.3 is 0 Å². The zero-order chi connectivity index (χ0) is 13.0. The van der Waals surface area contributed by atoms with E-state index in [4.69, 9.17) is 4.43 Å². The molecule has 0 fully saturated rings. The lowest BCUT2D eigenvalue weighted by molar-refractivity contribution is 0.205. The van der Waals surface area contributed by atoms with Crippen molar-refractivity contribution in [3.63, 3.8) is 0 Å². The summed E-state index contributed by atoms with van der Waals surface area (Å²) in [6.45, 7) is 10.4. The van der Waals surface area contributed by atoms with Crippen LogP contribution >= 0.6 is 0 Å². The van der Waals surface area contributed by atoms with Gasteiger partial charge in [-0.15, -0.1) is 0 Å². The highest BCUT2D eigenvalue weighted by Crippen LogP contribution is 2.36. The van der Waals surface area contributed by atoms with Gasteiger partial charge in [0.2, 0.25) is 6.01 Å². The normalized spacial score (nSPS) is 14.1. The van der Waals surface area contributed by atoms with Crippen molar-refractivity contribution in [3.05, 3.63) is 0 Å². The SMILES string of the molecule is CC(C)(C)[Si](C)(C)OCCOS(=O)(=O)CF. The zero-order valence-electron chi connectivity index (χ0n) is 10.5. The van der Waals surface area contributed by atoms with Crippen molar-refractivity contribution in [2.75, 3.05) is 19.2 Å². The highest BCUT2D eigenvalue weighted by molar-refractivity contribution is 7.86. The van der Waals surface area contributed by atoms with Gasteiger partial charge in [0.25, 0.3) is 10.1 Å². The average Bonchev–Trinajstić information content (AvgIpc) is 2.11. The Labute approximate surface area is 98.4 Å². The molecule has 0 N–H and O–H groups in total. The summed E-state index contributed by atoms with van der Waals surface area (Å²) < 4.78 is 43.3. The molecule has 7 heteroatoms. The molecule has 0 bridgehead atoms. The average molecular weight is 272 g/mol. The van der Waals surface area contributed by atoms with E-state index in [9.17, 15) is 12.8 Å². The first-order valence-corrected chi connectivity index (χ1v) is 9.57. The first kappa shape index (κ1) is 16.0. The maximum absolute atomic E-state index is 11.9. The molecule has 0 aromatic heterocycles. The van der Waals surface area contributed by atoms with Gasteiger partial charge in [0.15, 0.2) is 8.32 Å². The lowest BCUT2D eigenvalue weighted by Gasteiger charge is -2.36. The standard InChI is InChI=1S/C9H21FO4SSi/c1-9(2,3)16(4,5)14-7-6-13-15(11,12)8-10/h6-8H2,1-5H3. The summed E-state index contributed by atoms with van der Waals surface area (Å²) in [5, 5.41) is 0.0615. The summed E-state index contributed by atoms with van der Waals surface area (Å²) in [5.41, 5.74) is 0. The number of halogens is 1. The van der Waals surface area contributed by atoms with Crippen molar-refractivity contribution in [1.82, 2.24) is 0 Å². The molecule has 0 rings (SSSR count). The first-order valence-electron chi connectivity index (χ1n) is 5.09. The molecule has 0 radical (unpaired) electrons. The molecule has 0 aliphatic heterocycles. The van der Waals surface area contributed by atoms with E-state index in [0.29, 0.717) is 0 Å². The fourth-order valence-corrected chi connectivity index (χ4v) is 2.12. The predicted molar refractivity (Wildman–Crippen MR) is 64.0 cm³/mol. The van der Waals surface area contributed by atoms with Crippen LogP contribution in [0.5, 0.6) is 0 Å². The minimum atomic E-state index is -4.00. The Kier molecular flexibility index (Phi) is 5.58. The van der Waals surface area contributed by atoms with Crippen LogP contribution in [0.1, 0.15) is 20.8 Å². The molecule has 98 valence electrons. The van der Waals surface area contributed by atoms with Gasteiger partial charge in [-0.1, -0.05) is 20.8 Å². The van der Waals surface area contributed by atoms with Gasteiger partial charge in [0.1, 0.15) is 0 Å². The van der Waals surface area contributed by atoms with Crippen LogP contribution in [0.15, 0.2) is 0 Å². The van der Waals surface area contributed by atoms with E-state index in [0.717, 1.165) is 0 Å². The highest BCUT2D eigenvalue weighted by Gasteiger charge is 2.36. The molecule has 0 atom stereocenters. The van der Waals surface area contributed by atoms with Crippen LogP contribution < -0.4 is 0 Å². The molecule has 0 amide bonds. The Bertz CT molecular complexity index is 308. The van der Waals surface area contributed by atoms with Crippen molar-refractivity contribution in [3.8, 4) is 0 Å². The van der Waals surface area contributed by atoms with Crippen molar-refractivity contribution >= 4 is 18.4 Å². The third kappa shape index (κ3) is 5.38. The topological polar surface area (TPSA) is 52.6 Å². The lowest BCUT2D eigenvalue weighted by atomic mass is 10.2. The number of alkyl halides is 1. The molecule has 4 nitrogen and oxygen atoms in total. The maximum Gasteiger partial charge on any atom is 0.297 e. The lowest BCUT2D eigenvalue weighted by Crippen LogP contribution is -2.41. The molecule has 16 heavy (non-hydrogen) atoms. The van der Waals surface area contributed by atoms with Gasteiger partial charge in [-0.05, 0) is 18.1 Å². The van der Waals surface area contributed by atoms with Crippen LogP contribution in [-0.2, 0) is 18.7 Å². The van der Waals surface area contributed by atoms with Crippen molar-refractivity contribution in [2.45, 2.75) is 38.9 Å². The van der Waals surface area contributed by atoms with Crippen molar-refractivity contribution in [1.29, 1.82) is 0 Å². The Morgan fingerprint density at radius 1 is 1.19 bits per heavy atom. The predicted octanol–water partition coefficient (Wildman–Crippen LogP) is 2.28. The van der Waals surface area contributed by atoms with E-state index < -0.39 is 24.4 Å². The Morgan fingerprint density at radius 2 is 1.69 bits per heavy atom. The molecule has 0 spiro atoms. The number of hydrogen-bond donors (Lipinski definition) is 0. The Morgan fingerprint density at radius 3 is 2.06 bits per heavy atom. The third-order valence-corrected chi connectivity index (χ3v) is 8.08. The molecule has 0 aliphatic rings. The fourth-order valence-electron chi connectivity index (χ4n) is 0.706. The van der Waals surface area contributed by atoms with E-state index in [1.54, 1.807) is 0 Å². The largest absolute Gasteiger partial charge is 0.414 e. The number of rotatable bonds is 6. The Balaban J connectivity index is 4.02. The summed E-state index contributed by atoms with van der Waals surface area (Å²) in [4.78, 5) is 0. The molecule has 0 aromatic carbocycles. The molecule has 0 saturated carbocycles. The summed E-state index contributed by atoms with van der Waals surface area (Å²) >= 11 is 0. The van der Waals surface area contributed by atoms with Gasteiger partial charge in [0, 0.05) is 0 Å². The molecule has 0 aliphatic carbocycles. The van der Waals surface area contributed by atoms with Gasteiger partial charge in [-0.2, -0.15) is 8.42 Å². The molecular weight excluding hydrogens is 251 g/mol. The van der Waals surface area contributed by atoms with Gasteiger partial charge in [-0.25, -0.2) is 4.39 Å². The summed E-state index contributed by atoms with van der Waals surface area (Å²) in [7, 11) is -5.88. The van der Waals surface area contributed by atoms with Crippen LogP contribution in [0.4, 0.5) is 4.39 Å². The van der Waals surface area contributed by atoms with E-state index >= 15 is 0 Å². The van der Waals surface area contributed by atoms with Gasteiger partial charge in [-0.3, -0.25) is 4.18 Å². The molecule has 0 heterocycles. The quantitative estimate of drug-likeness (QED) is 0.423. The second kappa shape index (κ2) is 5.57. The number of hydrogen-bond acceptors (Lipinski definition) is 4. The summed E-state index contributed by atoms with van der Waals surface area (Å²) in [6.07, 6.45) is 0. The van der Waals surface area contributed by atoms with Crippen LogP contribution in [0, 0.1) is 0 Å². The molecular formula is C9H21FO4SSi. The molecule has 0 unspecified atom stereocenters. The van der Waals surface area contributed by atoms with E-state index in [1.807, 2.05) is 0 Å². The van der Waals surface area contributed by atoms with Crippen LogP contribution in [0.3, 0.4) is 0 Å². The first-order chi connectivity index (χ1) is 7.02. The molecule has 0 saturated heterocycles. The maximum atomic E-state index is 11.9. The fraction of sp³-hybridized carbons (Fsp3) is 1.00. The second-order valence-electron chi connectivity index (χ2n) is 5.10. The van der Waals surface area contributed by atoms with Gasteiger partial charge in [0.05, 0.1) is 13.2 Å². The minimum Gasteiger partial charge on any atom is -0.414 e. The second-order valence-corrected chi connectivity index (χ2v) is 11.5. The minimum absolute atomic E-state index is 0.0615. The van der Waals surface area contributed by atoms with Crippen molar-refractivity contribution in [2.24, 2.45) is 0 Å². The zero-order valence-corrected chi connectivity index (χ0v) is 12.4. The van der Waals surface area contributed by atoms with Crippen molar-refractivity contribution < 1.29 is 21.4 Å². The van der Waals surface area contributed by atoms with Crippen LogP contribution in [-0.4, -0.2) is 36.0 Å². The van der Waals surface area contributed by atoms with Gasteiger partial charge < -0.3 is 4.43 Å². The monoisotopic (exact) mass is 272 g/mol. The third-order valence-electron chi connectivity index (χ3n) is 2.75. The molecule has 0 aromatic rings. The van der Waals surface area contributed by atoms with Crippen LogP contribution in [0.25, 0.3) is 0 Å².